The Hall–Kier alpha value is -1.14. The van der Waals surface area contributed by atoms with Gasteiger partial charge in [0.15, 0.2) is 0 Å². The molecular weight excluding hydrogens is 365 g/mol. The van der Waals surface area contributed by atoms with Crippen molar-refractivity contribution in [2.75, 3.05) is 20.1 Å². The van der Waals surface area contributed by atoms with E-state index in [0.29, 0.717) is 6.04 Å². The molecular formula is C17H23Cl2N3OS. The lowest BCUT2D eigenvalue weighted by Crippen LogP contribution is -2.46. The van der Waals surface area contributed by atoms with Gasteiger partial charge in [0.05, 0.1) is 11.2 Å². The zero-order valence-electron chi connectivity index (χ0n) is 13.6. The van der Waals surface area contributed by atoms with Crippen LogP contribution in [0.1, 0.15) is 33.1 Å². The molecule has 1 aromatic heterocycles. The van der Waals surface area contributed by atoms with Gasteiger partial charge in [-0.05, 0) is 25.5 Å². The van der Waals surface area contributed by atoms with E-state index in [1.807, 2.05) is 30.1 Å². The summed E-state index contributed by atoms with van der Waals surface area (Å²) in [6.07, 6.45) is 4.72. The minimum Gasteiger partial charge on any atom is -0.336 e. The summed E-state index contributed by atoms with van der Waals surface area (Å²) in [5, 5.41) is 4.27. The molecule has 1 fully saturated rings. The number of hydrogen-bond acceptors (Lipinski definition) is 4. The molecule has 0 bridgehead atoms. The van der Waals surface area contributed by atoms with Gasteiger partial charge in [-0.15, -0.1) is 36.2 Å². The van der Waals surface area contributed by atoms with Crippen molar-refractivity contribution in [2.45, 2.75) is 25.3 Å². The topological polar surface area (TPSA) is 45.2 Å². The Kier molecular flexibility index (Phi) is 8.70. The fraction of sp³-hybridized carbons (Fsp3) is 0.412. The second-order valence-corrected chi connectivity index (χ2v) is 6.77. The fourth-order valence-corrected chi connectivity index (χ4v) is 3.73. The number of likely N-dealkylation sites (N-methyl/N-ethyl adjacent to an activating group) is 1. The summed E-state index contributed by atoms with van der Waals surface area (Å²) in [7, 11) is 1.96. The highest BCUT2D eigenvalue weighted by Crippen LogP contribution is 2.20. The molecule has 1 N–H and O–H groups in total. The Morgan fingerprint density at radius 1 is 1.33 bits per heavy atom. The number of benzene rings is 1. The van der Waals surface area contributed by atoms with E-state index in [1.54, 1.807) is 6.20 Å². The summed E-state index contributed by atoms with van der Waals surface area (Å²) in [6.45, 7) is 1.64. The standard InChI is InChI=1S/C17H21N3OS.2ClH/c1-18-14-8-5-9-20(12-14)17(21)15-11-19-16(22-15)10-13-6-3-2-4-7-13;;/h2-4,6-7,11,14,18H,5,8-10,12H2,1H3;2*1H. The average Bonchev–Trinajstić information content (AvgIpc) is 3.03. The lowest BCUT2D eigenvalue weighted by atomic mass is 10.1. The normalized spacial score (nSPS) is 16.9. The molecule has 1 aromatic carbocycles. The first-order valence-electron chi connectivity index (χ1n) is 7.71. The van der Waals surface area contributed by atoms with E-state index in [9.17, 15) is 4.79 Å². The summed E-state index contributed by atoms with van der Waals surface area (Å²) >= 11 is 1.52. The molecule has 0 aliphatic carbocycles. The number of rotatable bonds is 4. The number of nitrogens with zero attached hydrogens (tertiary/aromatic N) is 2. The molecule has 132 valence electrons. The van der Waals surface area contributed by atoms with Gasteiger partial charge in [0.1, 0.15) is 4.88 Å². The number of piperidine rings is 1. The van der Waals surface area contributed by atoms with Crippen molar-refractivity contribution in [1.82, 2.24) is 15.2 Å². The Labute approximate surface area is 159 Å². The maximum atomic E-state index is 12.6. The van der Waals surface area contributed by atoms with Crippen LogP contribution in [-0.4, -0.2) is 42.0 Å². The van der Waals surface area contributed by atoms with Crippen LogP contribution in [-0.2, 0) is 6.42 Å². The third-order valence-corrected chi connectivity index (χ3v) is 5.06. The Morgan fingerprint density at radius 3 is 2.79 bits per heavy atom. The van der Waals surface area contributed by atoms with E-state index in [2.05, 4.69) is 22.4 Å². The summed E-state index contributed by atoms with van der Waals surface area (Å²) < 4.78 is 0. The lowest BCUT2D eigenvalue weighted by Gasteiger charge is -2.32. The molecule has 24 heavy (non-hydrogen) atoms. The van der Waals surface area contributed by atoms with Gasteiger partial charge in [0.25, 0.3) is 5.91 Å². The quantitative estimate of drug-likeness (QED) is 0.873. The first-order valence-corrected chi connectivity index (χ1v) is 8.53. The first-order chi connectivity index (χ1) is 10.8. The molecule has 1 aliphatic heterocycles. The third kappa shape index (κ3) is 5.18. The third-order valence-electron chi connectivity index (χ3n) is 4.08. The van der Waals surface area contributed by atoms with Gasteiger partial charge in [-0.1, -0.05) is 30.3 Å². The molecule has 1 unspecified atom stereocenters. The van der Waals surface area contributed by atoms with Gasteiger partial charge >= 0.3 is 0 Å². The Bertz CT molecular complexity index is 636. The van der Waals surface area contributed by atoms with Crippen molar-refractivity contribution in [3.63, 3.8) is 0 Å². The molecule has 1 aliphatic rings. The first kappa shape index (κ1) is 20.9. The molecule has 0 saturated carbocycles. The van der Waals surface area contributed by atoms with Crippen LogP contribution in [0.2, 0.25) is 0 Å². The van der Waals surface area contributed by atoms with Gasteiger partial charge in [0, 0.05) is 25.6 Å². The maximum Gasteiger partial charge on any atom is 0.265 e. The van der Waals surface area contributed by atoms with Crippen molar-refractivity contribution in [2.24, 2.45) is 0 Å². The van der Waals surface area contributed by atoms with E-state index in [1.165, 1.54) is 16.9 Å². The zero-order chi connectivity index (χ0) is 15.4. The Balaban J connectivity index is 0.00000144. The van der Waals surface area contributed by atoms with E-state index in [-0.39, 0.29) is 30.7 Å². The predicted octanol–water partition coefficient (Wildman–Crippen LogP) is 3.40. The highest BCUT2D eigenvalue weighted by atomic mass is 35.5. The van der Waals surface area contributed by atoms with Gasteiger partial charge in [-0.3, -0.25) is 4.79 Å². The highest BCUT2D eigenvalue weighted by Gasteiger charge is 2.24. The Morgan fingerprint density at radius 2 is 2.08 bits per heavy atom. The van der Waals surface area contributed by atoms with Gasteiger partial charge in [-0.25, -0.2) is 4.98 Å². The van der Waals surface area contributed by atoms with Crippen LogP contribution in [0.25, 0.3) is 0 Å². The van der Waals surface area contributed by atoms with Crippen molar-refractivity contribution in [3.05, 3.63) is 52.0 Å². The lowest BCUT2D eigenvalue weighted by molar-refractivity contribution is 0.0703. The van der Waals surface area contributed by atoms with Crippen LogP contribution in [0.4, 0.5) is 0 Å². The second-order valence-electron chi connectivity index (χ2n) is 5.66. The van der Waals surface area contributed by atoms with Crippen molar-refractivity contribution in [1.29, 1.82) is 0 Å². The molecule has 1 saturated heterocycles. The number of aromatic nitrogens is 1. The van der Waals surface area contributed by atoms with E-state index in [0.717, 1.165) is 42.2 Å². The average molecular weight is 388 g/mol. The number of halogens is 2. The number of amides is 1. The molecule has 7 heteroatoms. The van der Waals surface area contributed by atoms with Gasteiger partial charge in [0.2, 0.25) is 0 Å². The van der Waals surface area contributed by atoms with Crippen LogP contribution < -0.4 is 5.32 Å². The van der Waals surface area contributed by atoms with Crippen molar-refractivity contribution >= 4 is 42.1 Å². The van der Waals surface area contributed by atoms with E-state index < -0.39 is 0 Å². The van der Waals surface area contributed by atoms with Crippen LogP contribution in [0.15, 0.2) is 36.5 Å². The molecule has 1 amide bonds. The van der Waals surface area contributed by atoms with Crippen LogP contribution in [0.3, 0.4) is 0 Å². The second kappa shape index (κ2) is 9.99. The SMILES string of the molecule is CNC1CCCN(C(=O)c2cnc(Cc3ccccc3)s2)C1.Cl.Cl. The predicted molar refractivity (Wildman–Crippen MR) is 104 cm³/mol. The van der Waals surface area contributed by atoms with Gasteiger partial charge in [-0.2, -0.15) is 0 Å². The number of nitrogens with one attached hydrogen (secondary N) is 1. The van der Waals surface area contributed by atoms with E-state index >= 15 is 0 Å². The number of hydrogen-bond donors (Lipinski definition) is 1. The van der Waals surface area contributed by atoms with E-state index in [4.69, 9.17) is 0 Å². The molecule has 2 heterocycles. The van der Waals surface area contributed by atoms with Gasteiger partial charge < -0.3 is 10.2 Å². The number of thiazole rings is 1. The van der Waals surface area contributed by atoms with Crippen molar-refractivity contribution < 1.29 is 4.79 Å². The van der Waals surface area contributed by atoms with Crippen LogP contribution >= 0.6 is 36.2 Å². The van der Waals surface area contributed by atoms with Crippen LogP contribution in [0, 0.1) is 0 Å². The minimum absolute atomic E-state index is 0. The van der Waals surface area contributed by atoms with Crippen molar-refractivity contribution in [3.8, 4) is 0 Å². The summed E-state index contributed by atoms with van der Waals surface area (Å²) in [5.41, 5.74) is 1.23. The molecule has 2 aromatic rings. The molecule has 4 nitrogen and oxygen atoms in total. The number of carbonyl (C=O) groups excluding carboxylic acids is 1. The largest absolute Gasteiger partial charge is 0.336 e. The fourth-order valence-electron chi connectivity index (χ4n) is 2.81. The molecule has 1 atom stereocenters. The monoisotopic (exact) mass is 387 g/mol. The number of likely N-dealkylation sites (tertiary alicyclic amines) is 1. The smallest absolute Gasteiger partial charge is 0.265 e. The minimum atomic E-state index is 0. The summed E-state index contributed by atoms with van der Waals surface area (Å²) in [5.74, 6) is 0.122. The highest BCUT2D eigenvalue weighted by molar-refractivity contribution is 7.13. The zero-order valence-corrected chi connectivity index (χ0v) is 16.1. The number of carbonyl (C=O) groups is 1. The maximum absolute atomic E-state index is 12.6. The molecule has 3 rings (SSSR count). The molecule has 0 radical (unpaired) electrons. The summed E-state index contributed by atoms with van der Waals surface area (Å²) in [6, 6.07) is 10.7. The van der Waals surface area contributed by atoms with Crippen LogP contribution in [0.5, 0.6) is 0 Å². The molecule has 0 spiro atoms. The summed E-state index contributed by atoms with van der Waals surface area (Å²) in [4.78, 5) is 19.7.